The van der Waals surface area contributed by atoms with E-state index >= 15 is 0 Å². The first-order valence-corrected chi connectivity index (χ1v) is 9.33. The Kier molecular flexibility index (Phi) is 6.04. The van der Waals surface area contributed by atoms with Crippen LogP contribution in [0.5, 0.6) is 5.88 Å². The van der Waals surface area contributed by atoms with Crippen LogP contribution in [0.15, 0.2) is 24.4 Å². The number of nitrogens with zero attached hydrogens (tertiary/aromatic N) is 3. The molecule has 0 spiro atoms. The standard InChI is InChI=1S/C20H28N4O2/c1-13(2)17-10-18(24-20(23-17)14(3)4)22-11-15-5-7-21-19(9-15)26-16-6-8-25-12-16/h5,7,9-10,13-14,16H,6,8,11-12H2,1-4H3,(H,22,23,24). The first-order valence-electron chi connectivity index (χ1n) is 9.33. The van der Waals surface area contributed by atoms with Gasteiger partial charge in [-0.25, -0.2) is 15.0 Å². The summed E-state index contributed by atoms with van der Waals surface area (Å²) >= 11 is 0. The second-order valence-corrected chi connectivity index (χ2v) is 7.30. The van der Waals surface area contributed by atoms with Crippen molar-refractivity contribution >= 4 is 5.82 Å². The Hall–Kier alpha value is -2.21. The molecular weight excluding hydrogens is 328 g/mol. The minimum absolute atomic E-state index is 0.106. The quantitative estimate of drug-likeness (QED) is 0.811. The van der Waals surface area contributed by atoms with E-state index in [1.807, 2.05) is 18.2 Å². The molecule has 3 heterocycles. The Morgan fingerprint density at radius 1 is 1.19 bits per heavy atom. The average molecular weight is 356 g/mol. The van der Waals surface area contributed by atoms with Gasteiger partial charge >= 0.3 is 0 Å². The highest BCUT2D eigenvalue weighted by Crippen LogP contribution is 2.21. The molecule has 2 aromatic rings. The fourth-order valence-corrected chi connectivity index (χ4v) is 2.72. The molecule has 0 aromatic carbocycles. The van der Waals surface area contributed by atoms with Gasteiger partial charge in [0.2, 0.25) is 5.88 Å². The van der Waals surface area contributed by atoms with E-state index in [9.17, 15) is 0 Å². The lowest BCUT2D eigenvalue weighted by Crippen LogP contribution is -2.16. The molecule has 1 atom stereocenters. The third-order valence-electron chi connectivity index (χ3n) is 4.32. The number of hydrogen-bond acceptors (Lipinski definition) is 6. The van der Waals surface area contributed by atoms with E-state index in [4.69, 9.17) is 9.47 Å². The molecule has 0 saturated carbocycles. The first-order chi connectivity index (χ1) is 12.5. The van der Waals surface area contributed by atoms with Crippen molar-refractivity contribution in [3.63, 3.8) is 0 Å². The minimum atomic E-state index is 0.106. The van der Waals surface area contributed by atoms with Crippen molar-refractivity contribution in [1.29, 1.82) is 0 Å². The van der Waals surface area contributed by atoms with Gasteiger partial charge in [-0.1, -0.05) is 27.7 Å². The van der Waals surface area contributed by atoms with Crippen molar-refractivity contribution in [2.75, 3.05) is 18.5 Å². The van der Waals surface area contributed by atoms with Gasteiger partial charge in [-0.3, -0.25) is 0 Å². The summed E-state index contributed by atoms with van der Waals surface area (Å²) in [5, 5.41) is 3.41. The number of rotatable bonds is 7. The fraction of sp³-hybridized carbons (Fsp3) is 0.550. The van der Waals surface area contributed by atoms with Gasteiger partial charge in [0, 0.05) is 42.9 Å². The molecule has 1 aliphatic heterocycles. The van der Waals surface area contributed by atoms with Gasteiger partial charge < -0.3 is 14.8 Å². The summed E-state index contributed by atoms with van der Waals surface area (Å²) in [5.74, 6) is 3.04. The summed E-state index contributed by atoms with van der Waals surface area (Å²) in [6.45, 7) is 10.6. The molecule has 2 aromatic heterocycles. The van der Waals surface area contributed by atoms with Gasteiger partial charge in [-0.2, -0.15) is 0 Å². The number of pyridine rings is 1. The number of aromatic nitrogens is 3. The van der Waals surface area contributed by atoms with Gasteiger partial charge in [0.1, 0.15) is 17.7 Å². The Balaban J connectivity index is 1.68. The van der Waals surface area contributed by atoms with Crippen LogP contribution in [-0.2, 0) is 11.3 Å². The smallest absolute Gasteiger partial charge is 0.213 e. The lowest BCUT2D eigenvalue weighted by Gasteiger charge is -2.14. The molecule has 1 saturated heterocycles. The lowest BCUT2D eigenvalue weighted by molar-refractivity contribution is 0.138. The molecule has 0 amide bonds. The zero-order valence-corrected chi connectivity index (χ0v) is 16.0. The summed E-state index contributed by atoms with van der Waals surface area (Å²) in [6, 6.07) is 5.99. The van der Waals surface area contributed by atoms with Crippen LogP contribution in [0.1, 0.15) is 63.0 Å². The summed E-state index contributed by atoms with van der Waals surface area (Å²) in [6.07, 6.45) is 2.80. The highest BCUT2D eigenvalue weighted by atomic mass is 16.5. The van der Waals surface area contributed by atoms with Crippen molar-refractivity contribution in [2.24, 2.45) is 0 Å². The topological polar surface area (TPSA) is 69.2 Å². The Labute approximate surface area is 155 Å². The summed E-state index contributed by atoms with van der Waals surface area (Å²) in [5.41, 5.74) is 2.16. The van der Waals surface area contributed by atoms with Gasteiger partial charge in [-0.15, -0.1) is 0 Å². The van der Waals surface area contributed by atoms with Crippen molar-refractivity contribution in [1.82, 2.24) is 15.0 Å². The molecule has 1 fully saturated rings. The van der Waals surface area contributed by atoms with E-state index in [1.165, 1.54) is 0 Å². The molecule has 1 aliphatic rings. The zero-order valence-electron chi connectivity index (χ0n) is 16.0. The molecule has 1 unspecified atom stereocenters. The Morgan fingerprint density at radius 2 is 2.04 bits per heavy atom. The van der Waals surface area contributed by atoms with E-state index in [2.05, 4.69) is 48.0 Å². The molecule has 3 rings (SSSR count). The van der Waals surface area contributed by atoms with Crippen molar-refractivity contribution in [3.8, 4) is 5.88 Å². The van der Waals surface area contributed by atoms with E-state index in [1.54, 1.807) is 6.20 Å². The largest absolute Gasteiger partial charge is 0.472 e. The van der Waals surface area contributed by atoms with Gasteiger partial charge in [0.15, 0.2) is 0 Å². The van der Waals surface area contributed by atoms with E-state index in [0.29, 0.717) is 30.9 Å². The summed E-state index contributed by atoms with van der Waals surface area (Å²) in [7, 11) is 0. The molecule has 6 nitrogen and oxygen atoms in total. The SMILES string of the molecule is CC(C)c1cc(NCc2ccnc(OC3CCOC3)c2)nc(C(C)C)n1. The minimum Gasteiger partial charge on any atom is -0.472 e. The lowest BCUT2D eigenvalue weighted by atomic mass is 10.1. The highest BCUT2D eigenvalue weighted by Gasteiger charge is 2.17. The molecule has 0 bridgehead atoms. The number of hydrogen-bond donors (Lipinski definition) is 1. The third kappa shape index (κ3) is 4.91. The summed E-state index contributed by atoms with van der Waals surface area (Å²) < 4.78 is 11.2. The van der Waals surface area contributed by atoms with E-state index in [-0.39, 0.29) is 6.10 Å². The monoisotopic (exact) mass is 356 g/mol. The van der Waals surface area contributed by atoms with Crippen LogP contribution in [0.2, 0.25) is 0 Å². The zero-order chi connectivity index (χ0) is 18.5. The molecule has 140 valence electrons. The first kappa shape index (κ1) is 18.6. The van der Waals surface area contributed by atoms with Crippen LogP contribution in [0.3, 0.4) is 0 Å². The molecule has 6 heteroatoms. The van der Waals surface area contributed by atoms with E-state index in [0.717, 1.165) is 35.9 Å². The van der Waals surface area contributed by atoms with Crippen molar-refractivity contribution < 1.29 is 9.47 Å². The Morgan fingerprint density at radius 3 is 2.73 bits per heavy atom. The molecule has 0 aliphatic carbocycles. The van der Waals surface area contributed by atoms with Crippen molar-refractivity contribution in [2.45, 2.75) is 58.6 Å². The molecule has 26 heavy (non-hydrogen) atoms. The predicted octanol–water partition coefficient (Wildman–Crippen LogP) is 3.90. The second kappa shape index (κ2) is 8.45. The number of anilines is 1. The number of nitrogens with one attached hydrogen (secondary N) is 1. The normalized spacial score (nSPS) is 17.1. The van der Waals surface area contributed by atoms with Crippen LogP contribution < -0.4 is 10.1 Å². The van der Waals surface area contributed by atoms with Crippen LogP contribution in [-0.4, -0.2) is 34.3 Å². The maximum absolute atomic E-state index is 5.88. The summed E-state index contributed by atoms with van der Waals surface area (Å²) in [4.78, 5) is 13.6. The van der Waals surface area contributed by atoms with Gasteiger partial charge in [0.25, 0.3) is 0 Å². The van der Waals surface area contributed by atoms with E-state index < -0.39 is 0 Å². The van der Waals surface area contributed by atoms with Crippen molar-refractivity contribution in [3.05, 3.63) is 41.5 Å². The Bertz CT molecular complexity index is 701. The fourth-order valence-electron chi connectivity index (χ4n) is 2.72. The predicted molar refractivity (Wildman–Crippen MR) is 102 cm³/mol. The third-order valence-corrected chi connectivity index (χ3v) is 4.32. The van der Waals surface area contributed by atoms with Crippen LogP contribution in [0.25, 0.3) is 0 Å². The van der Waals surface area contributed by atoms with Crippen LogP contribution in [0.4, 0.5) is 5.82 Å². The number of ether oxygens (including phenoxy) is 2. The van der Waals surface area contributed by atoms with Crippen LogP contribution in [0, 0.1) is 0 Å². The molecule has 1 N–H and O–H groups in total. The maximum Gasteiger partial charge on any atom is 0.213 e. The van der Waals surface area contributed by atoms with Gasteiger partial charge in [0.05, 0.1) is 13.2 Å². The maximum atomic E-state index is 5.88. The second-order valence-electron chi connectivity index (χ2n) is 7.30. The molecular formula is C20H28N4O2. The van der Waals surface area contributed by atoms with Gasteiger partial charge in [-0.05, 0) is 17.5 Å². The molecule has 0 radical (unpaired) electrons. The van der Waals surface area contributed by atoms with Crippen LogP contribution >= 0.6 is 0 Å². The highest BCUT2D eigenvalue weighted by molar-refractivity contribution is 5.38. The average Bonchev–Trinajstić information content (AvgIpc) is 3.13.